The maximum Gasteiger partial charge on any atom is 0.246 e. The predicted octanol–water partition coefficient (Wildman–Crippen LogP) is 5.36. The molecule has 0 aliphatic carbocycles. The summed E-state index contributed by atoms with van der Waals surface area (Å²) in [5, 5.41) is -0.564. The van der Waals surface area contributed by atoms with Crippen molar-refractivity contribution in [3.8, 4) is 0 Å². The Morgan fingerprint density at radius 3 is 2.38 bits per heavy atom. The molecule has 2 nitrogen and oxygen atoms in total. The lowest BCUT2D eigenvalue weighted by Crippen LogP contribution is -2.33. The molecule has 1 fully saturated rings. The molecule has 1 amide bonds. The van der Waals surface area contributed by atoms with Crippen LogP contribution in [-0.4, -0.2) is 23.1 Å². The first-order valence-electron chi connectivity index (χ1n) is 8.29. The number of alkyl halides is 1. The molecule has 0 unspecified atom stereocenters. The van der Waals surface area contributed by atoms with Gasteiger partial charge in [0.05, 0.1) is 0 Å². The maximum absolute atomic E-state index is 12.9. The van der Waals surface area contributed by atoms with E-state index in [0.717, 1.165) is 17.9 Å². The molecule has 0 radical (unpaired) electrons. The van der Waals surface area contributed by atoms with E-state index in [1.54, 1.807) is 11.8 Å². The highest BCUT2D eigenvalue weighted by molar-refractivity contribution is 7.99. The van der Waals surface area contributed by atoms with Crippen molar-refractivity contribution in [3.63, 3.8) is 0 Å². The zero-order valence-electron chi connectivity index (χ0n) is 14.0. The summed E-state index contributed by atoms with van der Waals surface area (Å²) in [5.74, 6) is 1.45. The van der Waals surface area contributed by atoms with Crippen molar-refractivity contribution in [1.82, 2.24) is 4.90 Å². The minimum Gasteiger partial charge on any atom is -0.324 e. The molecule has 1 saturated heterocycles. The van der Waals surface area contributed by atoms with Crippen molar-refractivity contribution in [2.24, 2.45) is 0 Å². The number of thioether (sulfide) groups is 1. The highest BCUT2D eigenvalue weighted by Crippen LogP contribution is 2.40. The van der Waals surface area contributed by atoms with Gasteiger partial charge in [-0.1, -0.05) is 68.4 Å². The van der Waals surface area contributed by atoms with E-state index in [-0.39, 0.29) is 11.3 Å². The highest BCUT2D eigenvalue weighted by atomic mass is 35.5. The Bertz CT molecular complexity index is 687. The fourth-order valence-electron chi connectivity index (χ4n) is 2.93. The summed E-state index contributed by atoms with van der Waals surface area (Å²) in [6, 6.07) is 18.2. The van der Waals surface area contributed by atoms with Crippen molar-refractivity contribution < 1.29 is 4.79 Å². The van der Waals surface area contributed by atoms with Gasteiger partial charge in [0.25, 0.3) is 0 Å². The van der Waals surface area contributed by atoms with E-state index in [1.165, 1.54) is 11.1 Å². The summed E-state index contributed by atoms with van der Waals surface area (Å²) in [4.78, 5) is 14.8. The minimum atomic E-state index is -0.623. The summed E-state index contributed by atoms with van der Waals surface area (Å²) in [5.41, 5.74) is 3.35. The summed E-state index contributed by atoms with van der Waals surface area (Å²) >= 11 is 8.26. The molecule has 24 heavy (non-hydrogen) atoms. The van der Waals surface area contributed by atoms with Gasteiger partial charge in [0.2, 0.25) is 5.91 Å². The molecule has 3 rings (SSSR count). The molecule has 0 N–H and O–H groups in total. The quantitative estimate of drug-likeness (QED) is 0.684. The first kappa shape index (κ1) is 17.4. The van der Waals surface area contributed by atoms with E-state index in [2.05, 4.69) is 38.1 Å². The molecule has 0 aromatic heterocycles. The number of nitrogens with zero attached hydrogens (tertiary/aromatic N) is 1. The second-order valence-electron chi connectivity index (χ2n) is 6.35. The van der Waals surface area contributed by atoms with Gasteiger partial charge >= 0.3 is 0 Å². The second kappa shape index (κ2) is 7.62. The number of benzene rings is 2. The van der Waals surface area contributed by atoms with Gasteiger partial charge in [-0.2, -0.15) is 0 Å². The third-order valence-corrected chi connectivity index (χ3v) is 6.07. The van der Waals surface area contributed by atoms with Gasteiger partial charge in [-0.15, -0.1) is 23.4 Å². The standard InChI is InChI=1S/C20H22ClNOS/c1-14(2)15-8-10-17(11-9-15)20-22(12-13-24-20)19(23)18(21)16-6-4-3-5-7-16/h3-11,14,18,20H,12-13H2,1-2H3/t18-,20-/m1/s1. The Labute approximate surface area is 153 Å². The maximum atomic E-state index is 12.9. The minimum absolute atomic E-state index is 0.00852. The fraction of sp³-hybridized carbons (Fsp3) is 0.350. The average Bonchev–Trinajstić information content (AvgIpc) is 3.11. The van der Waals surface area contributed by atoms with Crippen molar-refractivity contribution in [2.75, 3.05) is 12.3 Å². The van der Waals surface area contributed by atoms with Crippen LogP contribution in [0.3, 0.4) is 0 Å². The Kier molecular flexibility index (Phi) is 5.52. The van der Waals surface area contributed by atoms with Gasteiger partial charge in [0.15, 0.2) is 0 Å². The largest absolute Gasteiger partial charge is 0.324 e. The number of rotatable bonds is 4. The number of hydrogen-bond donors (Lipinski definition) is 0. The van der Waals surface area contributed by atoms with E-state index in [1.807, 2.05) is 35.2 Å². The van der Waals surface area contributed by atoms with Gasteiger partial charge in [0.1, 0.15) is 10.8 Å². The Balaban J connectivity index is 1.78. The highest BCUT2D eigenvalue weighted by Gasteiger charge is 2.34. The Morgan fingerprint density at radius 2 is 1.75 bits per heavy atom. The van der Waals surface area contributed by atoms with Gasteiger partial charge in [0, 0.05) is 12.3 Å². The van der Waals surface area contributed by atoms with Crippen LogP contribution in [0.2, 0.25) is 0 Å². The molecule has 126 valence electrons. The van der Waals surface area contributed by atoms with Gasteiger partial charge in [-0.3, -0.25) is 4.79 Å². The molecule has 2 atom stereocenters. The van der Waals surface area contributed by atoms with E-state index in [4.69, 9.17) is 11.6 Å². The molecule has 0 saturated carbocycles. The molecule has 1 heterocycles. The number of carbonyl (C=O) groups excluding carboxylic acids is 1. The van der Waals surface area contributed by atoms with Gasteiger partial charge in [-0.25, -0.2) is 0 Å². The van der Waals surface area contributed by atoms with E-state index in [0.29, 0.717) is 5.92 Å². The molecule has 1 aliphatic rings. The van der Waals surface area contributed by atoms with Crippen molar-refractivity contribution >= 4 is 29.3 Å². The van der Waals surface area contributed by atoms with Crippen LogP contribution in [0.25, 0.3) is 0 Å². The summed E-state index contributed by atoms with van der Waals surface area (Å²) in [7, 11) is 0. The molecule has 2 aromatic carbocycles. The van der Waals surface area contributed by atoms with Crippen LogP contribution in [0.4, 0.5) is 0 Å². The first-order valence-corrected chi connectivity index (χ1v) is 9.77. The fourth-order valence-corrected chi connectivity index (χ4v) is 4.46. The lowest BCUT2D eigenvalue weighted by molar-refractivity contribution is -0.131. The van der Waals surface area contributed by atoms with Gasteiger partial charge in [-0.05, 0) is 22.6 Å². The zero-order valence-corrected chi connectivity index (χ0v) is 15.6. The van der Waals surface area contributed by atoms with Crippen molar-refractivity contribution in [1.29, 1.82) is 0 Å². The summed E-state index contributed by atoms with van der Waals surface area (Å²) in [6.07, 6.45) is 0. The monoisotopic (exact) mass is 359 g/mol. The first-order chi connectivity index (χ1) is 11.6. The third-order valence-electron chi connectivity index (χ3n) is 4.37. The summed E-state index contributed by atoms with van der Waals surface area (Å²) < 4.78 is 0. The Morgan fingerprint density at radius 1 is 1.08 bits per heavy atom. The van der Waals surface area contributed by atoms with E-state index in [9.17, 15) is 4.79 Å². The molecular formula is C20H22ClNOS. The smallest absolute Gasteiger partial charge is 0.246 e. The number of amides is 1. The van der Waals surface area contributed by atoms with Crippen LogP contribution in [0.15, 0.2) is 54.6 Å². The lowest BCUT2D eigenvalue weighted by atomic mass is 10.0. The summed E-state index contributed by atoms with van der Waals surface area (Å²) in [6.45, 7) is 5.12. The van der Waals surface area contributed by atoms with Crippen LogP contribution < -0.4 is 0 Å². The van der Waals surface area contributed by atoms with Crippen LogP contribution in [0, 0.1) is 0 Å². The van der Waals surface area contributed by atoms with Gasteiger partial charge < -0.3 is 4.90 Å². The zero-order chi connectivity index (χ0) is 17.1. The van der Waals surface area contributed by atoms with Crippen LogP contribution in [0.5, 0.6) is 0 Å². The predicted molar refractivity (Wildman–Crippen MR) is 102 cm³/mol. The van der Waals surface area contributed by atoms with Crippen LogP contribution in [0.1, 0.15) is 47.2 Å². The Hall–Kier alpha value is -1.45. The van der Waals surface area contributed by atoms with Crippen molar-refractivity contribution in [2.45, 2.75) is 30.5 Å². The van der Waals surface area contributed by atoms with E-state index >= 15 is 0 Å². The molecule has 4 heteroatoms. The topological polar surface area (TPSA) is 20.3 Å². The normalized spacial score (nSPS) is 18.8. The van der Waals surface area contributed by atoms with E-state index < -0.39 is 5.38 Å². The van der Waals surface area contributed by atoms with Crippen LogP contribution >= 0.6 is 23.4 Å². The number of carbonyl (C=O) groups is 1. The van der Waals surface area contributed by atoms with Crippen molar-refractivity contribution in [3.05, 3.63) is 71.3 Å². The number of halogens is 1. The molecule has 2 aromatic rings. The number of hydrogen-bond acceptors (Lipinski definition) is 2. The molecule has 0 spiro atoms. The molecule has 1 aliphatic heterocycles. The van der Waals surface area contributed by atoms with Crippen LogP contribution in [-0.2, 0) is 4.79 Å². The molecule has 0 bridgehead atoms. The average molecular weight is 360 g/mol. The SMILES string of the molecule is CC(C)c1ccc([C@H]2SCCN2C(=O)[C@H](Cl)c2ccccc2)cc1. The third kappa shape index (κ3) is 3.62. The lowest BCUT2D eigenvalue weighted by Gasteiger charge is -2.26. The molecular weight excluding hydrogens is 338 g/mol. The second-order valence-corrected chi connectivity index (χ2v) is 7.97.